The summed E-state index contributed by atoms with van der Waals surface area (Å²) in [5.41, 5.74) is -2.53. The highest BCUT2D eigenvalue weighted by Gasteiger charge is 2.33. The van der Waals surface area contributed by atoms with Gasteiger partial charge in [0.1, 0.15) is 28.7 Å². The lowest BCUT2D eigenvalue weighted by atomic mass is 10.1. The van der Waals surface area contributed by atoms with Gasteiger partial charge in [-0.15, -0.1) is 0 Å². The maximum absolute atomic E-state index is 13.2. The molecule has 0 aliphatic carbocycles. The molecule has 0 bridgehead atoms. The molecule has 1 saturated heterocycles. The number of alkyl halides is 6. The van der Waals surface area contributed by atoms with Gasteiger partial charge < -0.3 is 10.6 Å². The third-order valence-corrected chi connectivity index (χ3v) is 6.90. The topological polar surface area (TPSA) is 113 Å². The van der Waals surface area contributed by atoms with Crippen LogP contribution >= 0.6 is 0 Å². The second-order valence-electron chi connectivity index (χ2n) is 8.50. The maximum Gasteiger partial charge on any atom is 0.433 e. The number of nitrogens with one attached hydrogen (secondary N) is 2. The van der Waals surface area contributed by atoms with Crippen molar-refractivity contribution in [3.05, 3.63) is 54.0 Å². The predicted octanol–water partition coefficient (Wildman–Crippen LogP) is 4.55. The second kappa shape index (κ2) is 10.3. The summed E-state index contributed by atoms with van der Waals surface area (Å²) in [6.07, 6.45) is -6.49. The molecule has 0 amide bonds. The monoisotopic (exact) mass is 561 g/mol. The second-order valence-corrected chi connectivity index (χ2v) is 10.5. The average molecular weight is 562 g/mol. The average Bonchev–Trinajstić information content (AvgIpc) is 2.83. The molecular formula is C22H21F6N7O2S. The summed E-state index contributed by atoms with van der Waals surface area (Å²) < 4.78 is 104. The molecule has 4 rings (SSSR count). The molecule has 38 heavy (non-hydrogen) atoms. The van der Waals surface area contributed by atoms with E-state index in [1.807, 2.05) is 0 Å². The molecule has 3 aromatic rings. The molecular weight excluding hydrogens is 540 g/mol. The van der Waals surface area contributed by atoms with Gasteiger partial charge >= 0.3 is 12.4 Å². The smallest absolute Gasteiger partial charge is 0.367 e. The quantitative estimate of drug-likeness (QED) is 0.422. The summed E-state index contributed by atoms with van der Waals surface area (Å²) in [4.78, 5) is 15.3. The summed E-state index contributed by atoms with van der Waals surface area (Å²) in [6, 6.07) is 6.39. The van der Waals surface area contributed by atoms with Gasteiger partial charge in [0, 0.05) is 37.1 Å². The number of pyridine rings is 2. The van der Waals surface area contributed by atoms with Gasteiger partial charge in [-0.3, -0.25) is 4.98 Å². The predicted molar refractivity (Wildman–Crippen MR) is 126 cm³/mol. The molecule has 1 aliphatic rings. The molecule has 3 aromatic heterocycles. The van der Waals surface area contributed by atoms with Crippen LogP contribution in [0.3, 0.4) is 0 Å². The van der Waals surface area contributed by atoms with E-state index in [1.165, 1.54) is 22.5 Å². The Morgan fingerprint density at radius 1 is 0.895 bits per heavy atom. The lowest BCUT2D eigenvalue weighted by Gasteiger charge is -2.31. The summed E-state index contributed by atoms with van der Waals surface area (Å²) in [7, 11) is -3.35. The van der Waals surface area contributed by atoms with Crippen molar-refractivity contribution in [2.75, 3.05) is 30.0 Å². The molecule has 0 atom stereocenters. The molecule has 9 nitrogen and oxygen atoms in total. The number of sulfonamides is 1. The first-order valence-corrected chi connectivity index (χ1v) is 13.0. The van der Waals surface area contributed by atoms with Crippen LogP contribution < -0.4 is 10.6 Å². The molecule has 204 valence electrons. The van der Waals surface area contributed by atoms with E-state index in [2.05, 4.69) is 30.6 Å². The van der Waals surface area contributed by atoms with Crippen molar-refractivity contribution >= 4 is 27.3 Å². The Labute approximate surface area is 213 Å². The van der Waals surface area contributed by atoms with Crippen LogP contribution in [0.1, 0.15) is 24.2 Å². The fourth-order valence-electron chi connectivity index (χ4n) is 3.77. The lowest BCUT2D eigenvalue weighted by molar-refractivity contribution is -0.141. The highest BCUT2D eigenvalue weighted by atomic mass is 32.2. The largest absolute Gasteiger partial charge is 0.433 e. The minimum absolute atomic E-state index is 0.00962. The van der Waals surface area contributed by atoms with E-state index in [0.717, 1.165) is 30.7 Å². The first kappa shape index (κ1) is 27.5. The summed E-state index contributed by atoms with van der Waals surface area (Å²) in [5, 5.41) is 5.82. The molecule has 0 aromatic carbocycles. The molecule has 4 heterocycles. The maximum atomic E-state index is 13.2. The summed E-state index contributed by atoms with van der Waals surface area (Å²) in [6.45, 7) is 0.512. The Morgan fingerprint density at radius 3 is 2.18 bits per heavy atom. The fraction of sp³-hybridized carbons (Fsp3) is 0.364. The van der Waals surface area contributed by atoms with E-state index < -0.39 is 33.8 Å². The van der Waals surface area contributed by atoms with Gasteiger partial charge in [-0.1, -0.05) is 6.07 Å². The van der Waals surface area contributed by atoms with Crippen LogP contribution in [0.25, 0.3) is 11.5 Å². The van der Waals surface area contributed by atoms with Gasteiger partial charge in [0.25, 0.3) is 0 Å². The fourth-order valence-corrected chi connectivity index (χ4v) is 4.64. The van der Waals surface area contributed by atoms with Crippen LogP contribution in [0.5, 0.6) is 0 Å². The summed E-state index contributed by atoms with van der Waals surface area (Å²) in [5.74, 6) is -0.0495. The number of halogens is 6. The zero-order chi connectivity index (χ0) is 27.7. The third kappa shape index (κ3) is 6.86. The van der Waals surface area contributed by atoms with Crippen molar-refractivity contribution < 1.29 is 34.8 Å². The first-order valence-electron chi connectivity index (χ1n) is 11.1. The van der Waals surface area contributed by atoms with Gasteiger partial charge in [-0.25, -0.2) is 27.7 Å². The standard InChI is InChI=1S/C22H21F6N7O2S/c1-38(36,37)35-9-6-13(7-10-35)30-18-12-19(31-14-5-8-29-17(11-14)22(26,27)28)34-20(33-18)15-3-2-4-16(32-15)21(23,24)25/h2-5,8,11-13H,6-7,9-10H2,1H3,(H2,29,30,31,33,34). The molecule has 0 radical (unpaired) electrons. The van der Waals surface area contributed by atoms with Crippen molar-refractivity contribution in [3.8, 4) is 11.5 Å². The molecule has 1 fully saturated rings. The Balaban J connectivity index is 1.66. The number of hydrogen-bond donors (Lipinski definition) is 2. The van der Waals surface area contributed by atoms with Crippen molar-refractivity contribution in [2.45, 2.75) is 31.2 Å². The number of nitrogens with zero attached hydrogens (tertiary/aromatic N) is 5. The molecule has 0 saturated carbocycles. The van der Waals surface area contributed by atoms with E-state index in [1.54, 1.807) is 0 Å². The molecule has 16 heteroatoms. The SMILES string of the molecule is CS(=O)(=O)N1CCC(Nc2cc(Nc3ccnc(C(F)(F)F)c3)nc(-c3cccc(C(F)(F)F)n3)n2)CC1. The number of hydrogen-bond acceptors (Lipinski definition) is 8. The van der Waals surface area contributed by atoms with E-state index in [4.69, 9.17) is 0 Å². The normalized spacial score (nSPS) is 15.9. The highest BCUT2D eigenvalue weighted by molar-refractivity contribution is 7.88. The minimum Gasteiger partial charge on any atom is -0.367 e. The van der Waals surface area contributed by atoms with Gasteiger partial charge in [0.15, 0.2) is 5.82 Å². The van der Waals surface area contributed by atoms with E-state index in [-0.39, 0.29) is 48.0 Å². The zero-order valence-corrected chi connectivity index (χ0v) is 20.5. The minimum atomic E-state index is -4.72. The van der Waals surface area contributed by atoms with Gasteiger partial charge in [0.2, 0.25) is 10.0 Å². The van der Waals surface area contributed by atoms with Crippen molar-refractivity contribution in [1.29, 1.82) is 0 Å². The number of rotatable bonds is 6. The Hall–Kier alpha value is -3.53. The molecule has 0 spiro atoms. The number of anilines is 3. The lowest BCUT2D eigenvalue weighted by Crippen LogP contribution is -2.41. The molecule has 0 unspecified atom stereocenters. The Bertz CT molecular complexity index is 1410. The Kier molecular flexibility index (Phi) is 7.47. The van der Waals surface area contributed by atoms with Crippen LogP contribution in [0.15, 0.2) is 42.6 Å². The van der Waals surface area contributed by atoms with Crippen molar-refractivity contribution in [1.82, 2.24) is 24.2 Å². The van der Waals surface area contributed by atoms with E-state index in [0.29, 0.717) is 12.8 Å². The highest BCUT2D eigenvalue weighted by Crippen LogP contribution is 2.32. The number of piperidine rings is 1. The van der Waals surface area contributed by atoms with E-state index >= 15 is 0 Å². The van der Waals surface area contributed by atoms with Gasteiger partial charge in [-0.05, 0) is 37.1 Å². The van der Waals surface area contributed by atoms with Crippen LogP contribution in [0.2, 0.25) is 0 Å². The molecule has 2 N–H and O–H groups in total. The van der Waals surface area contributed by atoms with Gasteiger partial charge in [-0.2, -0.15) is 26.3 Å². The van der Waals surface area contributed by atoms with Crippen LogP contribution in [-0.2, 0) is 22.4 Å². The van der Waals surface area contributed by atoms with Crippen molar-refractivity contribution in [3.63, 3.8) is 0 Å². The van der Waals surface area contributed by atoms with E-state index in [9.17, 15) is 34.8 Å². The third-order valence-electron chi connectivity index (χ3n) is 5.59. The zero-order valence-electron chi connectivity index (χ0n) is 19.7. The number of aromatic nitrogens is 4. The molecule has 1 aliphatic heterocycles. The van der Waals surface area contributed by atoms with Crippen LogP contribution in [0.4, 0.5) is 43.7 Å². The van der Waals surface area contributed by atoms with Crippen molar-refractivity contribution in [2.24, 2.45) is 0 Å². The summed E-state index contributed by atoms with van der Waals surface area (Å²) >= 11 is 0. The van der Waals surface area contributed by atoms with Crippen LogP contribution in [-0.4, -0.2) is 58.0 Å². The van der Waals surface area contributed by atoms with Gasteiger partial charge in [0.05, 0.1) is 6.26 Å². The van der Waals surface area contributed by atoms with Crippen LogP contribution in [0, 0.1) is 0 Å². The first-order chi connectivity index (χ1) is 17.7. The Morgan fingerprint density at radius 2 is 1.55 bits per heavy atom.